The number of amides is 1. The van der Waals surface area contributed by atoms with E-state index >= 15 is 0 Å². The molecule has 0 spiro atoms. The summed E-state index contributed by atoms with van der Waals surface area (Å²) >= 11 is 0. The minimum absolute atomic E-state index is 0.182. The lowest BCUT2D eigenvalue weighted by molar-refractivity contribution is -0.126. The van der Waals surface area contributed by atoms with Crippen LogP contribution in [0, 0.1) is 0 Å². The molecule has 86 valence electrons. The number of carbonyl (C=O) groups excluding carboxylic acids is 1. The Balaban J connectivity index is 2.42. The molecule has 0 saturated carbocycles. The van der Waals surface area contributed by atoms with Gasteiger partial charge in [0.2, 0.25) is 5.91 Å². The Kier molecular flexibility index (Phi) is 4.82. The van der Waals surface area contributed by atoms with E-state index in [1.807, 2.05) is 30.0 Å². The Hall–Kier alpha value is -0.830. The van der Waals surface area contributed by atoms with Crippen molar-refractivity contribution in [3.8, 4) is 0 Å². The van der Waals surface area contributed by atoms with Crippen molar-refractivity contribution in [1.29, 1.82) is 0 Å². The molecular weight excluding hydrogens is 188 g/mol. The first-order chi connectivity index (χ1) is 7.15. The van der Waals surface area contributed by atoms with Gasteiger partial charge in [0, 0.05) is 25.2 Å². The van der Waals surface area contributed by atoms with Gasteiger partial charge in [-0.3, -0.25) is 4.79 Å². The van der Waals surface area contributed by atoms with Gasteiger partial charge in [-0.05, 0) is 33.4 Å². The predicted octanol–water partition coefficient (Wildman–Crippen LogP) is 1.51. The zero-order valence-electron chi connectivity index (χ0n) is 10.1. The summed E-state index contributed by atoms with van der Waals surface area (Å²) in [5, 5.41) is 0. The van der Waals surface area contributed by atoms with Crippen LogP contribution in [0.3, 0.4) is 0 Å². The molecule has 1 aliphatic heterocycles. The fourth-order valence-corrected chi connectivity index (χ4v) is 2.01. The Labute approximate surface area is 92.7 Å². The average Bonchev–Trinajstić information content (AvgIpc) is 2.64. The van der Waals surface area contributed by atoms with E-state index in [1.165, 1.54) is 6.42 Å². The summed E-state index contributed by atoms with van der Waals surface area (Å²) in [6.07, 6.45) is 7.06. The minimum atomic E-state index is 0.182. The molecule has 3 nitrogen and oxygen atoms in total. The quantitative estimate of drug-likeness (QED) is 0.657. The predicted molar refractivity (Wildman–Crippen MR) is 62.7 cm³/mol. The van der Waals surface area contributed by atoms with Gasteiger partial charge < -0.3 is 9.80 Å². The number of likely N-dealkylation sites (N-methyl/N-ethyl adjacent to an activating group) is 1. The summed E-state index contributed by atoms with van der Waals surface area (Å²) in [5.74, 6) is 0.182. The molecule has 0 bridgehead atoms. The fraction of sp³-hybridized carbons (Fsp3) is 0.750. The summed E-state index contributed by atoms with van der Waals surface area (Å²) in [6, 6.07) is 0.474. The van der Waals surface area contributed by atoms with Gasteiger partial charge in [-0.1, -0.05) is 13.0 Å². The lowest BCUT2D eigenvalue weighted by Crippen LogP contribution is -2.33. The maximum atomic E-state index is 11.8. The molecule has 15 heavy (non-hydrogen) atoms. The van der Waals surface area contributed by atoms with Gasteiger partial charge in [0.25, 0.3) is 0 Å². The molecule has 1 rings (SSSR count). The van der Waals surface area contributed by atoms with Crippen LogP contribution in [0.25, 0.3) is 0 Å². The highest BCUT2D eigenvalue weighted by Crippen LogP contribution is 2.19. The average molecular weight is 210 g/mol. The maximum absolute atomic E-state index is 11.8. The van der Waals surface area contributed by atoms with Crippen LogP contribution in [0.4, 0.5) is 0 Å². The highest BCUT2D eigenvalue weighted by Gasteiger charge is 2.25. The summed E-state index contributed by atoms with van der Waals surface area (Å²) in [7, 11) is 4.00. The van der Waals surface area contributed by atoms with Crippen LogP contribution in [0.2, 0.25) is 0 Å². The number of rotatable bonds is 4. The number of hydrogen-bond acceptors (Lipinski definition) is 2. The van der Waals surface area contributed by atoms with Gasteiger partial charge in [0.05, 0.1) is 0 Å². The van der Waals surface area contributed by atoms with E-state index in [1.54, 1.807) is 6.08 Å². The number of nitrogens with zero attached hydrogens (tertiary/aromatic N) is 2. The van der Waals surface area contributed by atoms with E-state index in [0.717, 1.165) is 25.9 Å². The van der Waals surface area contributed by atoms with Gasteiger partial charge >= 0.3 is 0 Å². The Morgan fingerprint density at radius 2 is 2.27 bits per heavy atom. The third-order valence-corrected chi connectivity index (χ3v) is 2.86. The van der Waals surface area contributed by atoms with Crippen molar-refractivity contribution in [2.45, 2.75) is 32.2 Å². The standard InChI is InChI=1S/C12H22N2O/c1-4-11-7-5-10-14(11)12(15)8-6-9-13(2)3/h6,8,11H,4-5,7,9-10H2,1-3H3/b8-6+/t11-/m0/s1. The van der Waals surface area contributed by atoms with Crippen molar-refractivity contribution in [3.63, 3.8) is 0 Å². The summed E-state index contributed by atoms with van der Waals surface area (Å²) < 4.78 is 0. The van der Waals surface area contributed by atoms with E-state index in [4.69, 9.17) is 0 Å². The van der Waals surface area contributed by atoms with Crippen LogP contribution in [-0.4, -0.2) is 48.9 Å². The Morgan fingerprint density at radius 1 is 1.53 bits per heavy atom. The van der Waals surface area contributed by atoms with Crippen LogP contribution in [0.1, 0.15) is 26.2 Å². The van der Waals surface area contributed by atoms with Gasteiger partial charge in [0.15, 0.2) is 0 Å². The molecule has 3 heteroatoms. The highest BCUT2D eigenvalue weighted by atomic mass is 16.2. The van der Waals surface area contributed by atoms with Crippen molar-refractivity contribution in [2.24, 2.45) is 0 Å². The molecule has 0 aliphatic carbocycles. The van der Waals surface area contributed by atoms with Crippen molar-refractivity contribution < 1.29 is 4.79 Å². The van der Waals surface area contributed by atoms with Crippen molar-refractivity contribution in [3.05, 3.63) is 12.2 Å². The van der Waals surface area contributed by atoms with E-state index in [-0.39, 0.29) is 5.91 Å². The number of likely N-dealkylation sites (tertiary alicyclic amines) is 1. The zero-order chi connectivity index (χ0) is 11.3. The van der Waals surface area contributed by atoms with Crippen molar-refractivity contribution in [2.75, 3.05) is 27.2 Å². The third kappa shape index (κ3) is 3.67. The molecule has 0 unspecified atom stereocenters. The zero-order valence-corrected chi connectivity index (χ0v) is 10.1. The summed E-state index contributed by atoms with van der Waals surface area (Å²) in [6.45, 7) is 3.92. The second-order valence-electron chi connectivity index (χ2n) is 4.40. The second kappa shape index (κ2) is 5.91. The first kappa shape index (κ1) is 12.2. The van der Waals surface area contributed by atoms with Gasteiger partial charge in [-0.25, -0.2) is 0 Å². The van der Waals surface area contributed by atoms with E-state index < -0.39 is 0 Å². The molecule has 1 heterocycles. The molecule has 1 saturated heterocycles. The van der Waals surface area contributed by atoms with Gasteiger partial charge in [0.1, 0.15) is 0 Å². The Bertz CT molecular complexity index is 236. The van der Waals surface area contributed by atoms with Crippen LogP contribution in [0.5, 0.6) is 0 Å². The highest BCUT2D eigenvalue weighted by molar-refractivity contribution is 5.88. The molecule has 1 amide bonds. The van der Waals surface area contributed by atoms with E-state index in [2.05, 4.69) is 6.92 Å². The molecule has 0 radical (unpaired) electrons. The SMILES string of the molecule is CC[C@H]1CCCN1C(=O)/C=C/CN(C)C. The molecule has 1 atom stereocenters. The number of hydrogen-bond donors (Lipinski definition) is 0. The van der Waals surface area contributed by atoms with Crippen LogP contribution in [-0.2, 0) is 4.79 Å². The smallest absolute Gasteiger partial charge is 0.246 e. The molecule has 0 aromatic heterocycles. The van der Waals surface area contributed by atoms with E-state index in [9.17, 15) is 4.79 Å². The van der Waals surface area contributed by atoms with Crippen LogP contribution >= 0.6 is 0 Å². The largest absolute Gasteiger partial charge is 0.336 e. The summed E-state index contributed by atoms with van der Waals surface area (Å²) in [5.41, 5.74) is 0. The molecular formula is C12H22N2O. The summed E-state index contributed by atoms with van der Waals surface area (Å²) in [4.78, 5) is 15.9. The lowest BCUT2D eigenvalue weighted by atomic mass is 10.2. The first-order valence-electron chi connectivity index (χ1n) is 5.77. The molecule has 1 aliphatic rings. The third-order valence-electron chi connectivity index (χ3n) is 2.86. The normalized spacial score (nSPS) is 21.9. The topological polar surface area (TPSA) is 23.6 Å². The van der Waals surface area contributed by atoms with Gasteiger partial charge in [-0.2, -0.15) is 0 Å². The minimum Gasteiger partial charge on any atom is -0.336 e. The first-order valence-corrected chi connectivity index (χ1v) is 5.77. The second-order valence-corrected chi connectivity index (χ2v) is 4.40. The molecule has 1 fully saturated rings. The Morgan fingerprint density at radius 3 is 2.87 bits per heavy atom. The van der Waals surface area contributed by atoms with E-state index in [0.29, 0.717) is 6.04 Å². The van der Waals surface area contributed by atoms with Crippen LogP contribution < -0.4 is 0 Å². The number of carbonyl (C=O) groups is 1. The van der Waals surface area contributed by atoms with Gasteiger partial charge in [-0.15, -0.1) is 0 Å². The molecule has 0 aromatic carbocycles. The monoisotopic (exact) mass is 210 g/mol. The fourth-order valence-electron chi connectivity index (χ4n) is 2.01. The maximum Gasteiger partial charge on any atom is 0.246 e. The lowest BCUT2D eigenvalue weighted by Gasteiger charge is -2.22. The van der Waals surface area contributed by atoms with Crippen molar-refractivity contribution >= 4 is 5.91 Å². The van der Waals surface area contributed by atoms with Crippen molar-refractivity contribution in [1.82, 2.24) is 9.80 Å². The van der Waals surface area contributed by atoms with Crippen LogP contribution in [0.15, 0.2) is 12.2 Å². The molecule has 0 N–H and O–H groups in total. The molecule has 0 aromatic rings.